The average Bonchev–Trinajstić information content (AvgIpc) is 2.35. The number of nitrogens with one attached hydrogen (secondary N) is 2. The van der Waals surface area contributed by atoms with Crippen LogP contribution in [0.4, 0.5) is 10.5 Å². The first-order chi connectivity index (χ1) is 10.1. The van der Waals surface area contributed by atoms with Gasteiger partial charge in [0.25, 0.3) is 0 Å². The van der Waals surface area contributed by atoms with E-state index < -0.39 is 0 Å². The van der Waals surface area contributed by atoms with Crippen LogP contribution in [0.3, 0.4) is 0 Å². The van der Waals surface area contributed by atoms with Gasteiger partial charge in [-0.2, -0.15) is 0 Å². The number of urea groups is 1. The van der Waals surface area contributed by atoms with Crippen molar-refractivity contribution in [1.29, 1.82) is 0 Å². The summed E-state index contributed by atoms with van der Waals surface area (Å²) >= 11 is 0. The maximum Gasteiger partial charge on any atom is 0.319 e. The smallest absolute Gasteiger partial charge is 0.319 e. The Bertz CT molecular complexity index is 534. The summed E-state index contributed by atoms with van der Waals surface area (Å²) in [5.74, 6) is 2.62. The molecule has 4 aliphatic carbocycles. The van der Waals surface area contributed by atoms with Crippen molar-refractivity contribution in [2.75, 3.05) is 5.32 Å². The number of anilines is 1. The predicted octanol–water partition coefficient (Wildman–Crippen LogP) is 3.48. The van der Waals surface area contributed by atoms with Gasteiger partial charge in [-0.15, -0.1) is 0 Å². The van der Waals surface area contributed by atoms with Gasteiger partial charge < -0.3 is 15.7 Å². The highest BCUT2D eigenvalue weighted by Crippen LogP contribution is 2.55. The van der Waals surface area contributed by atoms with Crippen LogP contribution < -0.4 is 10.6 Å². The molecule has 4 heteroatoms. The molecule has 21 heavy (non-hydrogen) atoms. The molecule has 0 radical (unpaired) electrons. The third kappa shape index (κ3) is 2.47. The SMILES string of the molecule is O=C(Nc1cccc(O)c1)NC12CC3CC(CC(C3)C1)C2. The molecule has 0 saturated heterocycles. The number of hydrogen-bond donors (Lipinski definition) is 3. The quantitative estimate of drug-likeness (QED) is 0.779. The lowest BCUT2D eigenvalue weighted by Gasteiger charge is -2.56. The van der Waals surface area contributed by atoms with Gasteiger partial charge in [-0.1, -0.05) is 6.07 Å². The van der Waals surface area contributed by atoms with Gasteiger partial charge in [0.05, 0.1) is 0 Å². The Balaban J connectivity index is 1.45. The van der Waals surface area contributed by atoms with Crippen LogP contribution in [0, 0.1) is 17.8 Å². The molecule has 4 nitrogen and oxygen atoms in total. The molecule has 0 atom stereocenters. The van der Waals surface area contributed by atoms with Crippen molar-refractivity contribution in [3.63, 3.8) is 0 Å². The van der Waals surface area contributed by atoms with Gasteiger partial charge >= 0.3 is 6.03 Å². The Morgan fingerprint density at radius 3 is 2.29 bits per heavy atom. The predicted molar refractivity (Wildman–Crippen MR) is 81.2 cm³/mol. The number of phenolic OH excluding ortho intramolecular Hbond substituents is 1. The molecular weight excluding hydrogens is 264 g/mol. The molecule has 0 spiro atoms. The molecule has 2 amide bonds. The van der Waals surface area contributed by atoms with Crippen molar-refractivity contribution in [3.8, 4) is 5.75 Å². The monoisotopic (exact) mass is 286 g/mol. The molecule has 4 saturated carbocycles. The Hall–Kier alpha value is -1.71. The third-order valence-electron chi connectivity index (χ3n) is 5.52. The summed E-state index contributed by atoms with van der Waals surface area (Å²) in [7, 11) is 0. The van der Waals surface area contributed by atoms with Crippen molar-refractivity contribution in [2.45, 2.75) is 44.1 Å². The van der Waals surface area contributed by atoms with Gasteiger partial charge in [-0.3, -0.25) is 0 Å². The highest BCUT2D eigenvalue weighted by atomic mass is 16.3. The fourth-order valence-corrected chi connectivity index (χ4v) is 5.25. The maximum absolute atomic E-state index is 12.3. The summed E-state index contributed by atoms with van der Waals surface area (Å²) in [4.78, 5) is 12.3. The Kier molecular flexibility index (Phi) is 2.88. The normalized spacial score (nSPS) is 36.5. The van der Waals surface area contributed by atoms with Crippen LogP contribution in [-0.2, 0) is 0 Å². The third-order valence-corrected chi connectivity index (χ3v) is 5.52. The minimum absolute atomic E-state index is 0.0235. The van der Waals surface area contributed by atoms with E-state index in [-0.39, 0.29) is 17.3 Å². The van der Waals surface area contributed by atoms with E-state index in [9.17, 15) is 9.90 Å². The molecule has 4 bridgehead atoms. The average molecular weight is 286 g/mol. The van der Waals surface area contributed by atoms with E-state index >= 15 is 0 Å². The van der Waals surface area contributed by atoms with Crippen molar-refractivity contribution in [1.82, 2.24) is 5.32 Å². The molecule has 0 unspecified atom stereocenters. The molecule has 1 aromatic rings. The molecule has 3 N–H and O–H groups in total. The lowest BCUT2D eigenvalue weighted by molar-refractivity contribution is -0.0127. The summed E-state index contributed by atoms with van der Waals surface area (Å²) in [6, 6.07) is 6.55. The van der Waals surface area contributed by atoms with Crippen LogP contribution in [0.2, 0.25) is 0 Å². The van der Waals surface area contributed by atoms with E-state index in [2.05, 4.69) is 10.6 Å². The minimum atomic E-state index is -0.137. The lowest BCUT2D eigenvalue weighted by atomic mass is 9.53. The Morgan fingerprint density at radius 1 is 1.10 bits per heavy atom. The van der Waals surface area contributed by atoms with Crippen LogP contribution >= 0.6 is 0 Å². The van der Waals surface area contributed by atoms with Gasteiger partial charge in [-0.05, 0) is 68.4 Å². The van der Waals surface area contributed by atoms with Crippen molar-refractivity contribution in [2.24, 2.45) is 17.8 Å². The van der Waals surface area contributed by atoms with E-state index in [0.717, 1.165) is 37.0 Å². The van der Waals surface area contributed by atoms with E-state index in [1.807, 2.05) is 0 Å². The second-order valence-electron chi connectivity index (χ2n) is 7.33. The second-order valence-corrected chi connectivity index (χ2v) is 7.33. The standard InChI is InChI=1S/C17H22N2O2/c20-15-3-1-2-14(7-15)18-16(21)19-17-8-11-4-12(9-17)6-13(5-11)10-17/h1-3,7,11-13,20H,4-6,8-10H2,(H2,18,19,21). The number of aromatic hydroxyl groups is 1. The Labute approximate surface area is 124 Å². The van der Waals surface area contributed by atoms with E-state index in [1.165, 1.54) is 19.3 Å². The van der Waals surface area contributed by atoms with Crippen LogP contribution in [0.15, 0.2) is 24.3 Å². The summed E-state index contributed by atoms with van der Waals surface area (Å²) < 4.78 is 0. The van der Waals surface area contributed by atoms with Gasteiger partial charge in [0, 0.05) is 17.3 Å². The van der Waals surface area contributed by atoms with Gasteiger partial charge in [-0.25, -0.2) is 4.79 Å². The highest BCUT2D eigenvalue weighted by molar-refractivity contribution is 5.90. The van der Waals surface area contributed by atoms with Gasteiger partial charge in [0.2, 0.25) is 0 Å². The highest BCUT2D eigenvalue weighted by Gasteiger charge is 2.51. The first-order valence-corrected chi connectivity index (χ1v) is 7.98. The minimum Gasteiger partial charge on any atom is -0.508 e. The van der Waals surface area contributed by atoms with Crippen LogP contribution in [0.1, 0.15) is 38.5 Å². The van der Waals surface area contributed by atoms with Crippen LogP contribution in [-0.4, -0.2) is 16.7 Å². The molecule has 1 aromatic carbocycles. The van der Waals surface area contributed by atoms with E-state index in [1.54, 1.807) is 24.3 Å². The summed E-state index contributed by atoms with van der Waals surface area (Å²) in [5, 5.41) is 15.6. The second kappa shape index (κ2) is 4.65. The molecule has 0 heterocycles. The largest absolute Gasteiger partial charge is 0.508 e. The van der Waals surface area contributed by atoms with Crippen LogP contribution in [0.25, 0.3) is 0 Å². The fourth-order valence-electron chi connectivity index (χ4n) is 5.25. The Morgan fingerprint density at radius 2 is 1.71 bits per heavy atom. The summed E-state index contributed by atoms with van der Waals surface area (Å²) in [6.07, 6.45) is 7.55. The fraction of sp³-hybridized carbons (Fsp3) is 0.588. The van der Waals surface area contributed by atoms with E-state index in [0.29, 0.717) is 5.69 Å². The van der Waals surface area contributed by atoms with Gasteiger partial charge in [0.1, 0.15) is 5.75 Å². The lowest BCUT2D eigenvalue weighted by Crippen LogP contribution is -2.60. The number of benzene rings is 1. The topological polar surface area (TPSA) is 61.4 Å². The first-order valence-electron chi connectivity index (χ1n) is 7.98. The van der Waals surface area contributed by atoms with Crippen molar-refractivity contribution < 1.29 is 9.90 Å². The zero-order valence-corrected chi connectivity index (χ0v) is 12.1. The molecule has 4 aliphatic rings. The summed E-state index contributed by atoms with van der Waals surface area (Å²) in [6.45, 7) is 0. The zero-order chi connectivity index (χ0) is 14.4. The van der Waals surface area contributed by atoms with Crippen LogP contribution in [0.5, 0.6) is 5.75 Å². The molecule has 0 aliphatic heterocycles. The number of hydrogen-bond acceptors (Lipinski definition) is 2. The molecule has 112 valence electrons. The molecule has 5 rings (SSSR count). The number of rotatable bonds is 2. The summed E-state index contributed by atoms with van der Waals surface area (Å²) in [5.41, 5.74) is 0.660. The number of amides is 2. The molecular formula is C17H22N2O2. The molecule has 0 aromatic heterocycles. The maximum atomic E-state index is 12.3. The number of carbonyl (C=O) groups excluding carboxylic acids is 1. The van der Waals surface area contributed by atoms with Crippen molar-refractivity contribution >= 4 is 11.7 Å². The number of phenols is 1. The van der Waals surface area contributed by atoms with Gasteiger partial charge in [0.15, 0.2) is 0 Å². The zero-order valence-electron chi connectivity index (χ0n) is 12.1. The molecule has 4 fully saturated rings. The van der Waals surface area contributed by atoms with Crippen molar-refractivity contribution in [3.05, 3.63) is 24.3 Å². The van der Waals surface area contributed by atoms with E-state index in [4.69, 9.17) is 0 Å². The number of carbonyl (C=O) groups is 1. The first kappa shape index (κ1) is 13.0.